The lowest BCUT2D eigenvalue weighted by Gasteiger charge is -2.18. The van der Waals surface area contributed by atoms with E-state index in [9.17, 15) is 4.79 Å². The zero-order valence-corrected chi connectivity index (χ0v) is 13.3. The van der Waals surface area contributed by atoms with Crippen LogP contribution in [0.25, 0.3) is 0 Å². The van der Waals surface area contributed by atoms with Crippen molar-refractivity contribution in [1.29, 1.82) is 0 Å². The van der Waals surface area contributed by atoms with E-state index in [1.807, 2.05) is 60.7 Å². The Morgan fingerprint density at radius 3 is 2.10 bits per heavy atom. The molecular formula is C17H18O2S2. The molecule has 0 aliphatic rings. The van der Waals surface area contributed by atoms with Crippen LogP contribution in [0.2, 0.25) is 0 Å². The molecule has 0 saturated carbocycles. The van der Waals surface area contributed by atoms with Gasteiger partial charge in [-0.2, -0.15) is 25.3 Å². The summed E-state index contributed by atoms with van der Waals surface area (Å²) in [6.07, 6.45) is 0.706. The van der Waals surface area contributed by atoms with Gasteiger partial charge in [-0.25, -0.2) is 0 Å². The first kappa shape index (κ1) is 16.0. The second-order valence-corrected chi connectivity index (χ2v) is 6.23. The van der Waals surface area contributed by atoms with Gasteiger partial charge in [-0.15, -0.1) is 0 Å². The number of hydrogen-bond acceptors (Lipinski definition) is 4. The third kappa shape index (κ3) is 4.83. The highest BCUT2D eigenvalue weighted by molar-refractivity contribution is 7.99. The van der Waals surface area contributed by atoms with Crippen molar-refractivity contribution < 1.29 is 9.53 Å². The molecule has 0 spiro atoms. The molecule has 2 nitrogen and oxygen atoms in total. The molecule has 0 N–H and O–H groups in total. The molecule has 0 bridgehead atoms. The average molecular weight is 318 g/mol. The molecule has 0 fully saturated rings. The number of carbonyl (C=O) groups is 1. The second-order valence-electron chi connectivity index (χ2n) is 4.71. The maximum atomic E-state index is 12.3. The van der Waals surface area contributed by atoms with E-state index in [2.05, 4.69) is 25.3 Å². The molecule has 4 heteroatoms. The zero-order valence-electron chi connectivity index (χ0n) is 11.6. The number of benzene rings is 2. The van der Waals surface area contributed by atoms with E-state index in [-0.39, 0.29) is 5.97 Å². The van der Waals surface area contributed by atoms with Gasteiger partial charge in [0.25, 0.3) is 0 Å². The molecule has 1 unspecified atom stereocenters. The molecule has 0 aromatic heterocycles. The van der Waals surface area contributed by atoms with Crippen molar-refractivity contribution >= 4 is 31.2 Å². The van der Waals surface area contributed by atoms with Crippen molar-refractivity contribution in [3.63, 3.8) is 0 Å². The number of ether oxygens (including phenoxy) is 1. The highest BCUT2D eigenvalue weighted by atomic mass is 32.2. The van der Waals surface area contributed by atoms with Crippen molar-refractivity contribution in [1.82, 2.24) is 0 Å². The smallest absolute Gasteiger partial charge is 0.315 e. The minimum atomic E-state index is -0.464. The fourth-order valence-corrected chi connectivity index (χ4v) is 2.68. The van der Waals surface area contributed by atoms with Gasteiger partial charge in [0.1, 0.15) is 5.92 Å². The van der Waals surface area contributed by atoms with Crippen molar-refractivity contribution in [3.8, 4) is 0 Å². The first-order valence-electron chi connectivity index (χ1n) is 6.80. The van der Waals surface area contributed by atoms with Crippen LogP contribution in [0, 0.1) is 0 Å². The predicted octanol–water partition coefficient (Wildman–Crippen LogP) is 3.74. The quantitative estimate of drug-likeness (QED) is 0.482. The van der Waals surface area contributed by atoms with Gasteiger partial charge in [0, 0.05) is 6.42 Å². The largest absolute Gasteiger partial charge is 0.465 e. The summed E-state index contributed by atoms with van der Waals surface area (Å²) in [7, 11) is 0. The zero-order chi connectivity index (χ0) is 15.1. The molecule has 1 atom stereocenters. The number of esters is 1. The Kier molecular flexibility index (Phi) is 6.21. The van der Waals surface area contributed by atoms with Crippen LogP contribution in [0.3, 0.4) is 0 Å². The Morgan fingerprint density at radius 2 is 1.52 bits per heavy atom. The third-order valence-corrected chi connectivity index (χ3v) is 3.78. The number of carbonyl (C=O) groups excluding carboxylic acids is 1. The predicted molar refractivity (Wildman–Crippen MR) is 92.0 cm³/mol. The van der Waals surface area contributed by atoms with Crippen LogP contribution in [-0.2, 0) is 16.0 Å². The lowest BCUT2D eigenvalue weighted by atomic mass is 10.0. The Morgan fingerprint density at radius 1 is 0.952 bits per heavy atom. The van der Waals surface area contributed by atoms with Crippen molar-refractivity contribution in [2.45, 2.75) is 16.9 Å². The van der Waals surface area contributed by atoms with Gasteiger partial charge < -0.3 is 4.74 Å². The number of hydrogen-bond donors (Lipinski definition) is 2. The van der Waals surface area contributed by atoms with E-state index in [1.54, 1.807) is 0 Å². The first-order chi connectivity index (χ1) is 10.2. The highest BCUT2D eigenvalue weighted by Gasteiger charge is 2.26. The first-order valence-corrected chi connectivity index (χ1v) is 7.83. The van der Waals surface area contributed by atoms with Gasteiger partial charge in [-0.1, -0.05) is 60.7 Å². The van der Waals surface area contributed by atoms with Gasteiger partial charge in [-0.3, -0.25) is 4.79 Å². The Bertz CT molecular complexity index is 556. The minimum absolute atomic E-state index is 0.285. The van der Waals surface area contributed by atoms with E-state index in [0.29, 0.717) is 13.0 Å². The topological polar surface area (TPSA) is 26.3 Å². The van der Waals surface area contributed by atoms with E-state index in [4.69, 9.17) is 4.74 Å². The summed E-state index contributed by atoms with van der Waals surface area (Å²) in [4.78, 5) is 12.3. The van der Waals surface area contributed by atoms with Gasteiger partial charge in [0.05, 0.1) is 11.2 Å². The van der Waals surface area contributed by atoms with Crippen LogP contribution in [0.15, 0.2) is 60.7 Å². The summed E-state index contributed by atoms with van der Waals surface area (Å²) in [6, 6.07) is 19.4. The molecule has 0 heterocycles. The lowest BCUT2D eigenvalue weighted by molar-refractivity contribution is -0.144. The summed E-state index contributed by atoms with van der Waals surface area (Å²) < 4.78 is 5.00. The van der Waals surface area contributed by atoms with Gasteiger partial charge in [0.15, 0.2) is 0 Å². The fourth-order valence-electron chi connectivity index (χ4n) is 2.09. The highest BCUT2D eigenvalue weighted by Crippen LogP contribution is 2.27. The molecule has 0 aliphatic heterocycles. The van der Waals surface area contributed by atoms with Crippen molar-refractivity contribution in [2.75, 3.05) is 6.61 Å². The average Bonchev–Trinajstić information content (AvgIpc) is 2.49. The van der Waals surface area contributed by atoms with Gasteiger partial charge in [-0.05, 0) is 11.1 Å². The van der Waals surface area contributed by atoms with Crippen LogP contribution in [0.1, 0.15) is 17.0 Å². The normalized spacial score (nSPS) is 12.1. The van der Waals surface area contributed by atoms with Crippen LogP contribution in [0.5, 0.6) is 0 Å². The number of rotatable bonds is 6. The molecule has 2 rings (SSSR count). The maximum Gasteiger partial charge on any atom is 0.315 e. The molecule has 21 heavy (non-hydrogen) atoms. The lowest BCUT2D eigenvalue weighted by Crippen LogP contribution is -2.22. The fraction of sp³-hybridized carbons (Fsp3) is 0.235. The van der Waals surface area contributed by atoms with Gasteiger partial charge >= 0.3 is 5.97 Å². The molecule has 0 aliphatic carbocycles. The van der Waals surface area contributed by atoms with Crippen LogP contribution in [-0.4, -0.2) is 17.2 Å². The molecule has 0 saturated heterocycles. The van der Waals surface area contributed by atoms with E-state index in [1.165, 1.54) is 0 Å². The second kappa shape index (κ2) is 8.15. The molecule has 2 aromatic rings. The standard InChI is InChI=1S/C17H18O2S2/c18-16(19-12-11-13-7-3-1-4-8-13)15(17(20)21)14-9-5-2-6-10-14/h1-10,15,17,20-21H,11-12H2. The Hall–Kier alpha value is -1.39. The van der Waals surface area contributed by atoms with E-state index in [0.717, 1.165) is 11.1 Å². The molecule has 2 aromatic carbocycles. The van der Waals surface area contributed by atoms with E-state index < -0.39 is 10.5 Å². The molecule has 0 amide bonds. The number of thiol groups is 2. The summed E-state index contributed by atoms with van der Waals surface area (Å²) in [6.45, 7) is 0.362. The third-order valence-electron chi connectivity index (χ3n) is 3.19. The molecule has 0 radical (unpaired) electrons. The van der Waals surface area contributed by atoms with Crippen LogP contribution < -0.4 is 0 Å². The molecular weight excluding hydrogens is 300 g/mol. The summed E-state index contributed by atoms with van der Waals surface area (Å²) >= 11 is 8.60. The monoisotopic (exact) mass is 318 g/mol. The van der Waals surface area contributed by atoms with Gasteiger partial charge in [0.2, 0.25) is 0 Å². The van der Waals surface area contributed by atoms with Crippen LogP contribution in [0.4, 0.5) is 0 Å². The Labute approximate surface area is 136 Å². The maximum absolute atomic E-state index is 12.3. The minimum Gasteiger partial charge on any atom is -0.465 e. The van der Waals surface area contributed by atoms with E-state index >= 15 is 0 Å². The summed E-state index contributed by atoms with van der Waals surface area (Å²) in [5, 5.41) is 0. The van der Waals surface area contributed by atoms with Crippen molar-refractivity contribution in [3.05, 3.63) is 71.8 Å². The SMILES string of the molecule is O=C(OCCc1ccccc1)C(c1ccccc1)C(S)S. The molecule has 110 valence electrons. The Balaban J connectivity index is 1.94. The summed E-state index contributed by atoms with van der Waals surface area (Å²) in [5.41, 5.74) is 2.02. The van der Waals surface area contributed by atoms with Crippen LogP contribution >= 0.6 is 25.3 Å². The van der Waals surface area contributed by atoms with Crippen molar-refractivity contribution in [2.24, 2.45) is 0 Å². The summed E-state index contributed by atoms with van der Waals surface area (Å²) in [5.74, 6) is -0.749.